The second-order valence-corrected chi connectivity index (χ2v) is 16.5. The molecule has 0 bridgehead atoms. The number of hydrogen-bond acceptors (Lipinski definition) is 13. The van der Waals surface area contributed by atoms with Gasteiger partial charge in [0.2, 0.25) is 0 Å². The molecule has 8 rings (SSSR count). The van der Waals surface area contributed by atoms with Gasteiger partial charge in [0.25, 0.3) is 11.1 Å². The molecule has 15 heteroatoms. The van der Waals surface area contributed by atoms with Crippen molar-refractivity contribution >= 4 is 75.1 Å². The highest BCUT2D eigenvalue weighted by Crippen LogP contribution is 2.51. The molecular formula is C46H40N6O6S3. The fraction of sp³-hybridized carbons (Fsp3) is 0.152. The third kappa shape index (κ3) is 8.85. The average Bonchev–Trinajstić information content (AvgIpc) is 3.75. The van der Waals surface area contributed by atoms with Gasteiger partial charge in [-0.1, -0.05) is 102 Å². The first-order valence-corrected chi connectivity index (χ1v) is 21.8. The Hall–Kier alpha value is -6.55. The van der Waals surface area contributed by atoms with Crippen molar-refractivity contribution in [3.05, 3.63) is 151 Å². The van der Waals surface area contributed by atoms with Crippen molar-refractivity contribution in [2.24, 2.45) is 0 Å². The van der Waals surface area contributed by atoms with E-state index in [-0.39, 0.29) is 34.1 Å². The van der Waals surface area contributed by atoms with E-state index >= 15 is 0 Å². The number of Topliss-reactive ketones (excluding diaryl/α,β-unsaturated/α-hetero) is 2. The molecule has 0 fully saturated rings. The van der Waals surface area contributed by atoms with E-state index in [0.29, 0.717) is 40.6 Å². The van der Waals surface area contributed by atoms with E-state index in [9.17, 15) is 24.0 Å². The summed E-state index contributed by atoms with van der Waals surface area (Å²) in [6.45, 7) is 7.26. The number of rotatable bonds is 11. The summed E-state index contributed by atoms with van der Waals surface area (Å²) in [5, 5.41) is 17.0. The highest BCUT2D eigenvalue weighted by atomic mass is 32.2. The van der Waals surface area contributed by atoms with E-state index in [2.05, 4.69) is 39.0 Å². The number of aromatic nitrogens is 4. The zero-order chi connectivity index (χ0) is 43.2. The lowest BCUT2D eigenvalue weighted by Gasteiger charge is -2.22. The van der Waals surface area contributed by atoms with Crippen molar-refractivity contribution in [1.29, 1.82) is 0 Å². The predicted molar refractivity (Wildman–Crippen MR) is 243 cm³/mol. The van der Waals surface area contributed by atoms with Crippen LogP contribution in [0, 0.1) is 0 Å². The average molecular weight is 869 g/mol. The minimum Gasteiger partial charge on any atom is -0.465 e. The van der Waals surface area contributed by atoms with Crippen LogP contribution in [-0.2, 0) is 17.8 Å². The second-order valence-electron chi connectivity index (χ2n) is 13.5. The molecule has 308 valence electrons. The Balaban J connectivity index is 0.000000187. The summed E-state index contributed by atoms with van der Waals surface area (Å²) in [5.41, 5.74) is 3.72. The van der Waals surface area contributed by atoms with Crippen LogP contribution in [0.5, 0.6) is 0 Å². The lowest BCUT2D eigenvalue weighted by molar-refractivity contribution is 0.0607. The fourth-order valence-corrected chi connectivity index (χ4v) is 9.76. The minimum absolute atomic E-state index is 0.0896. The van der Waals surface area contributed by atoms with Gasteiger partial charge in [0.15, 0.2) is 11.6 Å². The van der Waals surface area contributed by atoms with Crippen LogP contribution in [-0.4, -0.2) is 44.2 Å². The van der Waals surface area contributed by atoms with Gasteiger partial charge in [0, 0.05) is 43.8 Å². The normalized spacial score (nSPS) is 11.4. The summed E-state index contributed by atoms with van der Waals surface area (Å²) in [7, 11) is 1.29. The molecule has 61 heavy (non-hydrogen) atoms. The highest BCUT2D eigenvalue weighted by molar-refractivity contribution is 8.05. The number of ether oxygens (including phenoxy) is 1. The van der Waals surface area contributed by atoms with Gasteiger partial charge < -0.3 is 15.4 Å². The number of fused-ring (bicyclic) bond motifs is 2. The third-order valence-corrected chi connectivity index (χ3v) is 13.0. The molecule has 0 amide bonds. The molecule has 0 saturated carbocycles. The molecule has 3 aromatic heterocycles. The molecule has 0 saturated heterocycles. The van der Waals surface area contributed by atoms with Crippen LogP contribution in [0.3, 0.4) is 0 Å². The summed E-state index contributed by atoms with van der Waals surface area (Å²) in [5.74, 6) is -1.03. The zero-order valence-corrected chi connectivity index (χ0v) is 36.3. The Kier molecular flexibility index (Phi) is 13.1. The maximum absolute atomic E-state index is 13.4. The maximum Gasteiger partial charge on any atom is 0.350 e. The van der Waals surface area contributed by atoms with E-state index < -0.39 is 11.5 Å². The van der Waals surface area contributed by atoms with E-state index in [0.717, 1.165) is 26.6 Å². The van der Waals surface area contributed by atoms with Crippen LogP contribution in [0.15, 0.2) is 144 Å². The topological polar surface area (TPSA) is 154 Å². The Bertz CT molecular complexity index is 2910. The number of nitrogens with one attached hydrogen (secondary N) is 2. The molecule has 0 radical (unpaired) electrons. The van der Waals surface area contributed by atoms with Crippen molar-refractivity contribution in [2.75, 3.05) is 17.7 Å². The first-order chi connectivity index (χ1) is 29.5. The van der Waals surface area contributed by atoms with Crippen LogP contribution in [0.4, 0.5) is 22.7 Å². The molecule has 0 aliphatic carbocycles. The molecular weight excluding hydrogens is 829 g/mol. The third-order valence-electron chi connectivity index (χ3n) is 9.52. The Morgan fingerprint density at radius 3 is 1.57 bits per heavy atom. The van der Waals surface area contributed by atoms with E-state index in [1.807, 2.05) is 91.9 Å². The van der Waals surface area contributed by atoms with Crippen molar-refractivity contribution in [3.8, 4) is 22.5 Å². The van der Waals surface area contributed by atoms with Gasteiger partial charge in [-0.25, -0.2) is 14.2 Å². The lowest BCUT2D eigenvalue weighted by Crippen LogP contribution is -2.28. The smallest absolute Gasteiger partial charge is 0.350 e. The monoisotopic (exact) mass is 868 g/mol. The Morgan fingerprint density at radius 1 is 0.607 bits per heavy atom. The molecule has 2 N–H and O–H groups in total. The van der Waals surface area contributed by atoms with E-state index in [1.165, 1.54) is 51.4 Å². The Morgan fingerprint density at radius 2 is 1.08 bits per heavy atom. The van der Waals surface area contributed by atoms with Crippen LogP contribution in [0.1, 0.15) is 58.1 Å². The summed E-state index contributed by atoms with van der Waals surface area (Å²) < 4.78 is 7.49. The number of esters is 1. The van der Waals surface area contributed by atoms with Gasteiger partial charge in [-0.3, -0.25) is 19.2 Å². The summed E-state index contributed by atoms with van der Waals surface area (Å²) in [6.07, 6.45) is 0. The van der Waals surface area contributed by atoms with Gasteiger partial charge >= 0.3 is 5.97 Å². The number of ketones is 2. The van der Waals surface area contributed by atoms with Crippen molar-refractivity contribution < 1.29 is 19.1 Å². The van der Waals surface area contributed by atoms with Gasteiger partial charge in [0.05, 0.1) is 29.6 Å². The van der Waals surface area contributed by atoms with Crippen molar-refractivity contribution in [2.45, 2.75) is 60.4 Å². The number of nitrogens with zero attached hydrogens (tertiary/aromatic N) is 4. The first-order valence-electron chi connectivity index (χ1n) is 19.2. The van der Waals surface area contributed by atoms with E-state index in [4.69, 9.17) is 4.74 Å². The number of carbonyl (C=O) groups is 3. The molecule has 0 unspecified atom stereocenters. The van der Waals surface area contributed by atoms with Crippen LogP contribution < -0.4 is 21.8 Å². The summed E-state index contributed by atoms with van der Waals surface area (Å²) >= 11 is 4.56. The predicted octanol–water partition coefficient (Wildman–Crippen LogP) is 10.2. The number of benzene rings is 4. The number of carbonyl (C=O) groups excluding carboxylic acids is 3. The van der Waals surface area contributed by atoms with Gasteiger partial charge in [-0.15, -0.1) is 11.3 Å². The summed E-state index contributed by atoms with van der Waals surface area (Å²) in [4.78, 5) is 68.5. The van der Waals surface area contributed by atoms with Crippen LogP contribution >= 0.6 is 34.9 Å². The van der Waals surface area contributed by atoms with Gasteiger partial charge in [-0.2, -0.15) is 10.2 Å². The Labute approximate surface area is 364 Å². The first kappa shape index (κ1) is 42.6. The number of thiophene rings is 1. The zero-order valence-electron chi connectivity index (χ0n) is 33.8. The molecule has 4 aromatic carbocycles. The number of aryl methyl sites for hydroxylation is 2. The highest BCUT2D eigenvalue weighted by Gasteiger charge is 2.26. The van der Waals surface area contributed by atoms with Crippen LogP contribution in [0.25, 0.3) is 22.5 Å². The summed E-state index contributed by atoms with van der Waals surface area (Å²) in [6, 6.07) is 34.6. The molecule has 7 aromatic rings. The van der Waals surface area contributed by atoms with Crippen LogP contribution in [0.2, 0.25) is 0 Å². The SMILES string of the molecule is CCn1nc(-c2ccccc2)c(C(C)=O)c(Nc2cccc3c2Sc2ccccc2S3)c1=O.CCn1nc(-c2ccccc2)c(C(C)=O)c(Nc2ccsc2C(=O)OC)c1=O. The number of hydrogen-bond donors (Lipinski definition) is 2. The van der Waals surface area contributed by atoms with Gasteiger partial charge in [0.1, 0.15) is 27.6 Å². The maximum atomic E-state index is 13.4. The van der Waals surface area contributed by atoms with Crippen molar-refractivity contribution in [1.82, 2.24) is 19.6 Å². The number of methoxy groups -OCH3 is 1. The van der Waals surface area contributed by atoms with Gasteiger partial charge in [-0.05, 0) is 63.4 Å². The molecule has 12 nitrogen and oxygen atoms in total. The fourth-order valence-electron chi connectivity index (χ4n) is 6.66. The van der Waals surface area contributed by atoms with Crippen molar-refractivity contribution in [3.63, 3.8) is 0 Å². The largest absolute Gasteiger partial charge is 0.465 e. The molecule has 0 atom stereocenters. The molecule has 0 spiro atoms. The second kappa shape index (κ2) is 18.8. The number of anilines is 4. The molecule has 4 heterocycles. The standard InChI is InChI=1S/C26H21N3O2S2.C20H19N3O4S/c1-3-29-26(31)24(22(16(2)30)23(28-29)17-10-5-4-6-11-17)27-18-12-9-15-21-25(18)33-20-14-8-7-13-19(20)32-21;1-4-23-19(25)17(21-14-10-11-28-18(14)20(26)27-3)15(12(2)24)16(22-23)13-8-6-5-7-9-13/h4-15,27H,3H2,1-2H3;5-11,21H,4H2,1-3H3. The lowest BCUT2D eigenvalue weighted by atomic mass is 10.0. The molecule has 1 aliphatic rings. The molecule has 1 aliphatic heterocycles. The quantitative estimate of drug-likeness (QED) is 0.0939. The minimum atomic E-state index is -0.518. The van der Waals surface area contributed by atoms with E-state index in [1.54, 1.807) is 41.9 Å².